The molecule has 4 nitrogen and oxygen atoms in total. The first-order chi connectivity index (χ1) is 10.4. The molecule has 0 aromatic heterocycles. The van der Waals surface area contributed by atoms with Crippen molar-refractivity contribution in [3.05, 3.63) is 53.6 Å². The van der Waals surface area contributed by atoms with Crippen molar-refractivity contribution in [2.24, 2.45) is 0 Å². The van der Waals surface area contributed by atoms with Crippen LogP contribution < -0.4 is 19.5 Å². The van der Waals surface area contributed by atoms with Crippen LogP contribution in [0.3, 0.4) is 0 Å². The molecule has 110 valence electrons. The molecule has 1 heterocycles. The van der Waals surface area contributed by atoms with Gasteiger partial charge in [-0.3, -0.25) is 0 Å². The predicted molar refractivity (Wildman–Crippen MR) is 80.7 cm³/mol. The zero-order chi connectivity index (χ0) is 14.5. The van der Waals surface area contributed by atoms with Crippen molar-refractivity contribution >= 4 is 0 Å². The number of nitrogens with one attached hydrogen (secondary N) is 1. The van der Waals surface area contributed by atoms with Crippen molar-refractivity contribution in [1.82, 2.24) is 5.32 Å². The Kier molecular flexibility index (Phi) is 4.26. The number of rotatable bonds is 6. The Morgan fingerprint density at radius 2 is 1.86 bits per heavy atom. The lowest BCUT2D eigenvalue weighted by Crippen LogP contribution is -2.13. The highest BCUT2D eigenvalue weighted by atomic mass is 16.7. The largest absolute Gasteiger partial charge is 0.488 e. The van der Waals surface area contributed by atoms with E-state index >= 15 is 0 Å². The molecular weight excluding hydrogens is 266 g/mol. The van der Waals surface area contributed by atoms with Crippen molar-refractivity contribution in [3.63, 3.8) is 0 Å². The predicted octanol–water partition coefficient (Wildman–Crippen LogP) is 3.10. The summed E-state index contributed by atoms with van der Waals surface area (Å²) < 4.78 is 16.8. The van der Waals surface area contributed by atoms with Crippen molar-refractivity contribution in [2.75, 3.05) is 13.3 Å². The van der Waals surface area contributed by atoms with Gasteiger partial charge in [0, 0.05) is 18.2 Å². The summed E-state index contributed by atoms with van der Waals surface area (Å²) in [5, 5.41) is 3.32. The summed E-state index contributed by atoms with van der Waals surface area (Å²) in [5.41, 5.74) is 2.22. The first kappa shape index (κ1) is 13.8. The van der Waals surface area contributed by atoms with Crippen LogP contribution in [0.5, 0.6) is 17.2 Å². The van der Waals surface area contributed by atoms with E-state index in [9.17, 15) is 0 Å². The highest BCUT2D eigenvalue weighted by Crippen LogP contribution is 2.38. The zero-order valence-corrected chi connectivity index (χ0v) is 12.1. The van der Waals surface area contributed by atoms with E-state index in [0.29, 0.717) is 6.61 Å². The third kappa shape index (κ3) is 3.28. The molecule has 2 aromatic rings. The van der Waals surface area contributed by atoms with E-state index in [4.69, 9.17) is 14.2 Å². The Morgan fingerprint density at radius 3 is 2.62 bits per heavy atom. The number of benzene rings is 2. The van der Waals surface area contributed by atoms with Gasteiger partial charge in [-0.1, -0.05) is 37.3 Å². The summed E-state index contributed by atoms with van der Waals surface area (Å²) >= 11 is 0. The first-order valence-corrected chi connectivity index (χ1v) is 7.17. The van der Waals surface area contributed by atoms with Crippen LogP contribution in [-0.4, -0.2) is 13.3 Å². The maximum absolute atomic E-state index is 5.97. The Balaban J connectivity index is 1.78. The molecule has 0 saturated heterocycles. The highest BCUT2D eigenvalue weighted by molar-refractivity contribution is 5.51. The fraction of sp³-hybridized carbons (Fsp3) is 0.294. The smallest absolute Gasteiger partial charge is 0.231 e. The topological polar surface area (TPSA) is 39.7 Å². The molecular formula is C17H19NO3. The molecule has 1 N–H and O–H groups in total. The van der Waals surface area contributed by atoms with Crippen LogP contribution in [0.1, 0.15) is 18.1 Å². The summed E-state index contributed by atoms with van der Waals surface area (Å²) in [5.74, 6) is 2.37. The van der Waals surface area contributed by atoms with E-state index in [1.807, 2.05) is 30.3 Å². The van der Waals surface area contributed by atoms with Crippen LogP contribution in [0.15, 0.2) is 42.5 Å². The molecule has 21 heavy (non-hydrogen) atoms. The van der Waals surface area contributed by atoms with Crippen LogP contribution in [0.4, 0.5) is 0 Å². The van der Waals surface area contributed by atoms with Crippen LogP contribution in [0.25, 0.3) is 0 Å². The molecule has 0 radical (unpaired) electrons. The fourth-order valence-corrected chi connectivity index (χ4v) is 2.23. The zero-order valence-electron chi connectivity index (χ0n) is 12.1. The lowest BCUT2D eigenvalue weighted by atomic mass is 10.1. The van der Waals surface area contributed by atoms with Crippen LogP contribution >= 0.6 is 0 Å². The van der Waals surface area contributed by atoms with Crippen LogP contribution in [0, 0.1) is 0 Å². The molecule has 4 heteroatoms. The maximum Gasteiger partial charge on any atom is 0.231 e. The molecule has 3 rings (SSSR count). The fourth-order valence-electron chi connectivity index (χ4n) is 2.23. The van der Waals surface area contributed by atoms with E-state index < -0.39 is 0 Å². The molecule has 0 aliphatic carbocycles. The first-order valence-electron chi connectivity index (χ1n) is 7.17. The monoisotopic (exact) mass is 285 g/mol. The van der Waals surface area contributed by atoms with Crippen LogP contribution in [-0.2, 0) is 13.2 Å². The van der Waals surface area contributed by atoms with E-state index in [0.717, 1.165) is 41.5 Å². The van der Waals surface area contributed by atoms with Gasteiger partial charge in [-0.2, -0.15) is 0 Å². The highest BCUT2D eigenvalue weighted by Gasteiger charge is 2.18. The van der Waals surface area contributed by atoms with Gasteiger partial charge in [0.25, 0.3) is 0 Å². The Hall–Kier alpha value is -2.20. The SMILES string of the molecule is CCNCc1cc2c(cc1OCc1ccccc1)OCO2. The number of ether oxygens (including phenoxy) is 3. The van der Waals surface area contributed by atoms with Crippen molar-refractivity contribution in [1.29, 1.82) is 0 Å². The Labute approximate surface area is 124 Å². The third-order valence-corrected chi connectivity index (χ3v) is 3.36. The van der Waals surface area contributed by atoms with Gasteiger partial charge in [0.2, 0.25) is 6.79 Å². The molecule has 0 unspecified atom stereocenters. The van der Waals surface area contributed by atoms with E-state index in [2.05, 4.69) is 24.4 Å². The van der Waals surface area contributed by atoms with E-state index in [1.165, 1.54) is 0 Å². The van der Waals surface area contributed by atoms with Gasteiger partial charge in [0.1, 0.15) is 12.4 Å². The molecule has 0 saturated carbocycles. The summed E-state index contributed by atoms with van der Waals surface area (Å²) in [4.78, 5) is 0. The molecule has 0 atom stereocenters. The van der Waals surface area contributed by atoms with Crippen molar-refractivity contribution in [3.8, 4) is 17.2 Å². The molecule has 1 aliphatic heterocycles. The van der Waals surface area contributed by atoms with Gasteiger partial charge < -0.3 is 19.5 Å². The van der Waals surface area contributed by atoms with Gasteiger partial charge in [-0.05, 0) is 18.2 Å². The maximum atomic E-state index is 5.97. The molecule has 0 amide bonds. The Morgan fingerprint density at radius 1 is 1.10 bits per heavy atom. The van der Waals surface area contributed by atoms with E-state index in [1.54, 1.807) is 0 Å². The molecule has 0 fully saturated rings. The number of hydrogen-bond donors (Lipinski definition) is 1. The average molecular weight is 285 g/mol. The minimum absolute atomic E-state index is 0.276. The van der Waals surface area contributed by atoms with Crippen molar-refractivity contribution < 1.29 is 14.2 Å². The van der Waals surface area contributed by atoms with Crippen LogP contribution in [0.2, 0.25) is 0 Å². The normalized spacial score (nSPS) is 12.4. The molecule has 0 spiro atoms. The van der Waals surface area contributed by atoms with Gasteiger partial charge >= 0.3 is 0 Å². The lowest BCUT2D eigenvalue weighted by Gasteiger charge is -2.13. The van der Waals surface area contributed by atoms with Gasteiger partial charge in [-0.25, -0.2) is 0 Å². The number of hydrogen-bond acceptors (Lipinski definition) is 4. The Bertz CT molecular complexity index is 598. The molecule has 1 aliphatic rings. The molecule has 0 bridgehead atoms. The second-order valence-electron chi connectivity index (χ2n) is 4.87. The third-order valence-electron chi connectivity index (χ3n) is 3.36. The lowest BCUT2D eigenvalue weighted by molar-refractivity contribution is 0.173. The second kappa shape index (κ2) is 6.50. The quantitative estimate of drug-likeness (QED) is 0.885. The summed E-state index contributed by atoms with van der Waals surface area (Å²) in [7, 11) is 0. The second-order valence-corrected chi connectivity index (χ2v) is 4.87. The van der Waals surface area contributed by atoms with Gasteiger partial charge in [0.15, 0.2) is 11.5 Å². The van der Waals surface area contributed by atoms with Crippen molar-refractivity contribution in [2.45, 2.75) is 20.1 Å². The molecule has 2 aromatic carbocycles. The summed E-state index contributed by atoms with van der Waals surface area (Å²) in [6, 6.07) is 14.0. The summed E-state index contributed by atoms with van der Waals surface area (Å²) in [6.07, 6.45) is 0. The average Bonchev–Trinajstić information content (AvgIpc) is 2.98. The minimum atomic E-state index is 0.276. The van der Waals surface area contributed by atoms with E-state index in [-0.39, 0.29) is 6.79 Å². The number of fused-ring (bicyclic) bond motifs is 1. The van der Waals surface area contributed by atoms with Gasteiger partial charge in [0.05, 0.1) is 0 Å². The standard InChI is InChI=1S/C17H19NO3/c1-2-18-10-14-8-16-17(21-12-20-16)9-15(14)19-11-13-6-4-3-5-7-13/h3-9,18H,2,10-12H2,1H3. The summed E-state index contributed by atoms with van der Waals surface area (Å²) in [6.45, 7) is 4.55. The van der Waals surface area contributed by atoms with Gasteiger partial charge in [-0.15, -0.1) is 0 Å². The minimum Gasteiger partial charge on any atom is -0.488 e.